The fourth-order valence-corrected chi connectivity index (χ4v) is 2.25. The van der Waals surface area contributed by atoms with Crippen LogP contribution in [0.25, 0.3) is 0 Å². The number of aryl methyl sites for hydroxylation is 1. The molecule has 0 saturated carbocycles. The van der Waals surface area contributed by atoms with Gasteiger partial charge in [0.2, 0.25) is 0 Å². The van der Waals surface area contributed by atoms with Gasteiger partial charge in [0.1, 0.15) is 0 Å². The zero-order chi connectivity index (χ0) is 10.5. The first-order valence-corrected chi connectivity index (χ1v) is 6.03. The van der Waals surface area contributed by atoms with Crippen LogP contribution in [-0.4, -0.2) is 18.1 Å². The molecule has 1 atom stereocenters. The topological polar surface area (TPSA) is 24.9 Å². The molecule has 1 unspecified atom stereocenters. The van der Waals surface area contributed by atoms with Gasteiger partial charge in [0, 0.05) is 11.9 Å². The van der Waals surface area contributed by atoms with E-state index in [2.05, 4.69) is 29.4 Å². The standard InChI is InChI=1S/C13H20N2/c1-2-11-5-7-15-13(8-11)9-12-4-3-6-14-10-12/h5,7-8,12,14H,2-4,6,9-10H2,1H3. The zero-order valence-corrected chi connectivity index (χ0v) is 9.50. The third-order valence-corrected chi connectivity index (χ3v) is 3.19. The lowest BCUT2D eigenvalue weighted by molar-refractivity contribution is 0.373. The van der Waals surface area contributed by atoms with Gasteiger partial charge in [0.05, 0.1) is 0 Å². The largest absolute Gasteiger partial charge is 0.316 e. The molecule has 1 aromatic rings. The van der Waals surface area contributed by atoms with Crippen molar-refractivity contribution < 1.29 is 0 Å². The second-order valence-corrected chi connectivity index (χ2v) is 4.43. The van der Waals surface area contributed by atoms with E-state index in [9.17, 15) is 0 Å². The Morgan fingerprint density at radius 1 is 1.53 bits per heavy atom. The van der Waals surface area contributed by atoms with Gasteiger partial charge in [0.15, 0.2) is 0 Å². The van der Waals surface area contributed by atoms with Crippen molar-refractivity contribution in [3.63, 3.8) is 0 Å². The number of rotatable bonds is 3. The van der Waals surface area contributed by atoms with Crippen LogP contribution >= 0.6 is 0 Å². The minimum Gasteiger partial charge on any atom is -0.316 e. The predicted molar refractivity (Wildman–Crippen MR) is 62.9 cm³/mol. The van der Waals surface area contributed by atoms with E-state index in [1.807, 2.05) is 6.20 Å². The quantitative estimate of drug-likeness (QED) is 0.816. The number of piperidine rings is 1. The van der Waals surface area contributed by atoms with E-state index in [1.165, 1.54) is 30.6 Å². The highest BCUT2D eigenvalue weighted by Crippen LogP contribution is 2.15. The summed E-state index contributed by atoms with van der Waals surface area (Å²) in [5.41, 5.74) is 2.67. The van der Waals surface area contributed by atoms with Crippen LogP contribution in [-0.2, 0) is 12.8 Å². The first kappa shape index (κ1) is 10.6. The molecular formula is C13H20N2. The third kappa shape index (κ3) is 3.03. The van der Waals surface area contributed by atoms with Gasteiger partial charge in [-0.1, -0.05) is 6.92 Å². The highest BCUT2D eigenvalue weighted by atomic mass is 14.9. The fraction of sp³-hybridized carbons (Fsp3) is 0.615. The van der Waals surface area contributed by atoms with Gasteiger partial charge in [-0.25, -0.2) is 0 Å². The maximum atomic E-state index is 4.45. The Labute approximate surface area is 92.1 Å². The predicted octanol–water partition coefficient (Wildman–Crippen LogP) is 2.19. The van der Waals surface area contributed by atoms with Crippen LogP contribution < -0.4 is 5.32 Å². The molecule has 15 heavy (non-hydrogen) atoms. The lowest BCUT2D eigenvalue weighted by Gasteiger charge is -2.22. The van der Waals surface area contributed by atoms with Crippen LogP contribution in [0.1, 0.15) is 31.0 Å². The smallest absolute Gasteiger partial charge is 0.0409 e. The van der Waals surface area contributed by atoms with Crippen molar-refractivity contribution in [2.24, 2.45) is 5.92 Å². The normalized spacial score (nSPS) is 21.5. The average molecular weight is 204 g/mol. The lowest BCUT2D eigenvalue weighted by atomic mass is 9.94. The number of aromatic nitrogens is 1. The Morgan fingerprint density at radius 2 is 2.47 bits per heavy atom. The molecule has 1 saturated heterocycles. The molecule has 0 amide bonds. The lowest BCUT2D eigenvalue weighted by Crippen LogP contribution is -2.31. The van der Waals surface area contributed by atoms with E-state index in [0.29, 0.717) is 0 Å². The molecule has 1 fully saturated rings. The van der Waals surface area contributed by atoms with Gasteiger partial charge in [-0.3, -0.25) is 4.98 Å². The van der Waals surface area contributed by atoms with Crippen LogP contribution in [0.3, 0.4) is 0 Å². The van der Waals surface area contributed by atoms with Crippen molar-refractivity contribution >= 4 is 0 Å². The van der Waals surface area contributed by atoms with Crippen molar-refractivity contribution in [1.29, 1.82) is 0 Å². The minimum absolute atomic E-state index is 0.790. The molecule has 0 bridgehead atoms. The maximum Gasteiger partial charge on any atom is 0.0409 e. The molecular weight excluding hydrogens is 184 g/mol. The van der Waals surface area contributed by atoms with Crippen molar-refractivity contribution in [1.82, 2.24) is 10.3 Å². The van der Waals surface area contributed by atoms with Crippen molar-refractivity contribution in [3.8, 4) is 0 Å². The summed E-state index contributed by atoms with van der Waals surface area (Å²) in [5, 5.41) is 3.46. The van der Waals surface area contributed by atoms with Gasteiger partial charge in [-0.15, -0.1) is 0 Å². The summed E-state index contributed by atoms with van der Waals surface area (Å²) in [5.74, 6) is 0.790. The van der Waals surface area contributed by atoms with Crippen LogP contribution in [0.2, 0.25) is 0 Å². The Hall–Kier alpha value is -0.890. The maximum absolute atomic E-state index is 4.45. The summed E-state index contributed by atoms with van der Waals surface area (Å²) in [6.45, 7) is 4.55. The van der Waals surface area contributed by atoms with E-state index in [-0.39, 0.29) is 0 Å². The second-order valence-electron chi connectivity index (χ2n) is 4.43. The number of pyridine rings is 1. The Bertz CT molecular complexity index is 303. The van der Waals surface area contributed by atoms with Gasteiger partial charge in [0.25, 0.3) is 0 Å². The Morgan fingerprint density at radius 3 is 3.20 bits per heavy atom. The van der Waals surface area contributed by atoms with Crippen LogP contribution in [0.4, 0.5) is 0 Å². The average Bonchev–Trinajstić information content (AvgIpc) is 2.31. The number of nitrogens with one attached hydrogen (secondary N) is 1. The monoisotopic (exact) mass is 204 g/mol. The first-order valence-electron chi connectivity index (χ1n) is 6.03. The summed E-state index contributed by atoms with van der Waals surface area (Å²) in [6.07, 6.45) is 6.87. The Balaban J connectivity index is 1.96. The summed E-state index contributed by atoms with van der Waals surface area (Å²) in [4.78, 5) is 4.45. The molecule has 2 rings (SSSR count). The number of hydrogen-bond acceptors (Lipinski definition) is 2. The summed E-state index contributed by atoms with van der Waals surface area (Å²) in [6, 6.07) is 4.37. The summed E-state index contributed by atoms with van der Waals surface area (Å²) < 4.78 is 0. The van der Waals surface area contributed by atoms with Crippen molar-refractivity contribution in [2.75, 3.05) is 13.1 Å². The second kappa shape index (κ2) is 5.26. The molecule has 0 radical (unpaired) electrons. The van der Waals surface area contributed by atoms with Gasteiger partial charge < -0.3 is 5.32 Å². The van der Waals surface area contributed by atoms with E-state index < -0.39 is 0 Å². The third-order valence-electron chi connectivity index (χ3n) is 3.19. The summed E-state index contributed by atoms with van der Waals surface area (Å²) >= 11 is 0. The molecule has 0 aromatic carbocycles. The minimum atomic E-state index is 0.790. The van der Waals surface area contributed by atoms with E-state index in [0.717, 1.165) is 25.3 Å². The van der Waals surface area contributed by atoms with E-state index in [4.69, 9.17) is 0 Å². The van der Waals surface area contributed by atoms with Crippen LogP contribution in [0.15, 0.2) is 18.3 Å². The zero-order valence-electron chi connectivity index (χ0n) is 9.50. The van der Waals surface area contributed by atoms with Crippen molar-refractivity contribution in [2.45, 2.75) is 32.6 Å². The van der Waals surface area contributed by atoms with Gasteiger partial charge in [-0.2, -0.15) is 0 Å². The highest BCUT2D eigenvalue weighted by molar-refractivity contribution is 5.16. The molecule has 2 heterocycles. The van der Waals surface area contributed by atoms with Gasteiger partial charge in [-0.05, 0) is 62.4 Å². The SMILES string of the molecule is CCc1ccnc(CC2CCCNC2)c1. The van der Waals surface area contributed by atoms with Crippen LogP contribution in [0.5, 0.6) is 0 Å². The molecule has 0 aliphatic carbocycles. The molecule has 0 spiro atoms. The van der Waals surface area contributed by atoms with Gasteiger partial charge >= 0.3 is 0 Å². The molecule has 1 aliphatic heterocycles. The number of hydrogen-bond donors (Lipinski definition) is 1. The molecule has 1 N–H and O–H groups in total. The summed E-state index contributed by atoms with van der Waals surface area (Å²) in [7, 11) is 0. The molecule has 1 aliphatic rings. The molecule has 2 nitrogen and oxygen atoms in total. The van der Waals surface area contributed by atoms with Crippen molar-refractivity contribution in [3.05, 3.63) is 29.6 Å². The van der Waals surface area contributed by atoms with E-state index >= 15 is 0 Å². The fourth-order valence-electron chi connectivity index (χ4n) is 2.25. The van der Waals surface area contributed by atoms with Crippen LogP contribution in [0, 0.1) is 5.92 Å². The molecule has 1 aromatic heterocycles. The highest BCUT2D eigenvalue weighted by Gasteiger charge is 2.13. The molecule has 82 valence electrons. The Kier molecular flexibility index (Phi) is 3.73. The molecule has 2 heteroatoms. The first-order chi connectivity index (χ1) is 7.38. The number of nitrogens with zero attached hydrogens (tertiary/aromatic N) is 1. The van der Waals surface area contributed by atoms with E-state index in [1.54, 1.807) is 0 Å².